The zero-order chi connectivity index (χ0) is 10.0. The van der Waals surface area contributed by atoms with Crippen LogP contribution in [0.2, 0.25) is 0 Å². The molecule has 0 aliphatic rings. The van der Waals surface area contributed by atoms with E-state index in [9.17, 15) is 0 Å². The lowest BCUT2D eigenvalue weighted by Crippen LogP contribution is -2.21. The van der Waals surface area contributed by atoms with Gasteiger partial charge in [0.1, 0.15) is 0 Å². The highest BCUT2D eigenvalue weighted by atomic mass is 16.5. The molecule has 0 amide bonds. The first kappa shape index (κ1) is 14.4. The van der Waals surface area contributed by atoms with Crippen molar-refractivity contribution in [3.8, 4) is 0 Å². The molecule has 2 N–H and O–H groups in total. The van der Waals surface area contributed by atoms with Gasteiger partial charge in [0.15, 0.2) is 5.79 Å². The SMILES string of the molecule is CCCC(C)(O)O.CCOCC. The third-order valence-corrected chi connectivity index (χ3v) is 1.13. The van der Waals surface area contributed by atoms with Gasteiger partial charge in [0.25, 0.3) is 0 Å². The summed E-state index contributed by atoms with van der Waals surface area (Å²) in [6, 6.07) is 0. The lowest BCUT2D eigenvalue weighted by molar-refractivity contribution is -0.149. The highest BCUT2D eigenvalue weighted by Gasteiger charge is 2.11. The predicted molar refractivity (Wildman–Crippen MR) is 49.9 cm³/mol. The molecule has 0 aromatic carbocycles. The second-order valence-electron chi connectivity index (χ2n) is 2.75. The number of hydrogen-bond acceptors (Lipinski definition) is 3. The van der Waals surface area contributed by atoms with Gasteiger partial charge < -0.3 is 14.9 Å². The minimum Gasteiger partial charge on any atom is -0.382 e. The van der Waals surface area contributed by atoms with Gasteiger partial charge in [0.2, 0.25) is 0 Å². The van der Waals surface area contributed by atoms with Gasteiger partial charge in [-0.2, -0.15) is 0 Å². The third-order valence-electron chi connectivity index (χ3n) is 1.13. The van der Waals surface area contributed by atoms with E-state index < -0.39 is 5.79 Å². The summed E-state index contributed by atoms with van der Waals surface area (Å²) in [5.41, 5.74) is 0. The van der Waals surface area contributed by atoms with Gasteiger partial charge in [-0.05, 0) is 20.8 Å². The Morgan fingerprint density at radius 1 is 1.08 bits per heavy atom. The first-order valence-corrected chi connectivity index (χ1v) is 4.50. The molecule has 0 bridgehead atoms. The maximum Gasteiger partial charge on any atom is 0.159 e. The summed E-state index contributed by atoms with van der Waals surface area (Å²) in [5.74, 6) is -1.45. The smallest absolute Gasteiger partial charge is 0.159 e. The van der Waals surface area contributed by atoms with Crippen molar-refractivity contribution < 1.29 is 14.9 Å². The second kappa shape index (κ2) is 8.97. The number of ether oxygens (including phenoxy) is 1. The van der Waals surface area contributed by atoms with Gasteiger partial charge in [-0.25, -0.2) is 0 Å². The van der Waals surface area contributed by atoms with Crippen molar-refractivity contribution in [1.82, 2.24) is 0 Å². The quantitative estimate of drug-likeness (QED) is 0.642. The van der Waals surface area contributed by atoms with Crippen molar-refractivity contribution in [2.24, 2.45) is 0 Å². The van der Waals surface area contributed by atoms with Crippen molar-refractivity contribution in [3.63, 3.8) is 0 Å². The Kier molecular flexibility index (Phi) is 10.8. The van der Waals surface area contributed by atoms with Gasteiger partial charge >= 0.3 is 0 Å². The molecule has 0 saturated carbocycles. The molecule has 0 aliphatic heterocycles. The Labute approximate surface area is 75.4 Å². The standard InChI is InChI=1S/C5H12O2.C4H10O/c1-3-4-5(2,6)7;1-3-5-4-2/h6-7H,3-4H2,1-2H3;3-4H2,1-2H3. The summed E-state index contributed by atoms with van der Waals surface area (Å²) in [6.45, 7) is 8.96. The molecule has 12 heavy (non-hydrogen) atoms. The fourth-order valence-electron chi connectivity index (χ4n) is 0.678. The Bertz CT molecular complexity index is 74.3. The molecule has 3 heteroatoms. The molecule has 0 aliphatic carbocycles. The molecule has 0 unspecified atom stereocenters. The van der Waals surface area contributed by atoms with Crippen LogP contribution in [0.3, 0.4) is 0 Å². The van der Waals surface area contributed by atoms with Crippen molar-refractivity contribution in [2.75, 3.05) is 13.2 Å². The number of rotatable bonds is 4. The Hall–Kier alpha value is -0.120. The molecule has 0 rings (SSSR count). The molecule has 0 fully saturated rings. The minimum atomic E-state index is -1.45. The zero-order valence-electron chi connectivity index (χ0n) is 8.63. The van der Waals surface area contributed by atoms with Gasteiger partial charge in [0.05, 0.1) is 0 Å². The minimum absolute atomic E-state index is 0.451. The van der Waals surface area contributed by atoms with Crippen LogP contribution >= 0.6 is 0 Å². The zero-order valence-corrected chi connectivity index (χ0v) is 8.63. The second-order valence-corrected chi connectivity index (χ2v) is 2.75. The summed E-state index contributed by atoms with van der Waals surface area (Å²) in [5, 5.41) is 17.1. The summed E-state index contributed by atoms with van der Waals surface area (Å²) in [4.78, 5) is 0. The molecule has 0 heterocycles. The molecular weight excluding hydrogens is 156 g/mol. The fourth-order valence-corrected chi connectivity index (χ4v) is 0.678. The van der Waals surface area contributed by atoms with Crippen LogP contribution in [0.5, 0.6) is 0 Å². The van der Waals surface area contributed by atoms with Gasteiger partial charge in [0, 0.05) is 19.6 Å². The van der Waals surface area contributed by atoms with E-state index in [1.807, 2.05) is 20.8 Å². The Morgan fingerprint density at radius 2 is 1.50 bits per heavy atom. The highest BCUT2D eigenvalue weighted by molar-refractivity contribution is 4.52. The monoisotopic (exact) mass is 178 g/mol. The first-order chi connectivity index (χ1) is 5.47. The van der Waals surface area contributed by atoms with E-state index in [1.54, 1.807) is 0 Å². The fraction of sp³-hybridized carbons (Fsp3) is 1.00. The van der Waals surface area contributed by atoms with E-state index in [0.717, 1.165) is 19.6 Å². The molecule has 0 saturated heterocycles. The van der Waals surface area contributed by atoms with E-state index in [4.69, 9.17) is 14.9 Å². The van der Waals surface area contributed by atoms with E-state index in [1.165, 1.54) is 6.92 Å². The van der Waals surface area contributed by atoms with Crippen LogP contribution in [0.15, 0.2) is 0 Å². The molecular formula is C9H22O3. The van der Waals surface area contributed by atoms with E-state index >= 15 is 0 Å². The Morgan fingerprint density at radius 3 is 1.50 bits per heavy atom. The lowest BCUT2D eigenvalue weighted by Gasteiger charge is -2.12. The van der Waals surface area contributed by atoms with Crippen LogP contribution in [-0.2, 0) is 4.74 Å². The molecule has 0 aromatic rings. The van der Waals surface area contributed by atoms with Crippen molar-refractivity contribution in [2.45, 2.75) is 46.3 Å². The van der Waals surface area contributed by atoms with Gasteiger partial charge in [-0.1, -0.05) is 13.3 Å². The number of hydrogen-bond donors (Lipinski definition) is 2. The maximum absolute atomic E-state index is 8.57. The van der Waals surface area contributed by atoms with Gasteiger partial charge in [-0.15, -0.1) is 0 Å². The third kappa shape index (κ3) is 22.5. The van der Waals surface area contributed by atoms with E-state index in [-0.39, 0.29) is 0 Å². The average molecular weight is 178 g/mol. The molecule has 0 atom stereocenters. The van der Waals surface area contributed by atoms with Crippen molar-refractivity contribution >= 4 is 0 Å². The topological polar surface area (TPSA) is 49.7 Å². The van der Waals surface area contributed by atoms with Crippen LogP contribution < -0.4 is 0 Å². The maximum atomic E-state index is 8.57. The predicted octanol–water partition coefficient (Wildman–Crippen LogP) is 1.53. The van der Waals surface area contributed by atoms with E-state index in [0.29, 0.717) is 6.42 Å². The molecule has 0 spiro atoms. The molecule has 0 aromatic heterocycles. The van der Waals surface area contributed by atoms with E-state index in [2.05, 4.69) is 0 Å². The van der Waals surface area contributed by atoms with Crippen LogP contribution in [0, 0.1) is 0 Å². The number of aliphatic hydroxyl groups is 2. The van der Waals surface area contributed by atoms with Crippen LogP contribution in [0.25, 0.3) is 0 Å². The average Bonchev–Trinajstić information content (AvgIpc) is 1.87. The molecule has 76 valence electrons. The van der Waals surface area contributed by atoms with Crippen molar-refractivity contribution in [1.29, 1.82) is 0 Å². The summed E-state index contributed by atoms with van der Waals surface area (Å²) < 4.78 is 4.83. The lowest BCUT2D eigenvalue weighted by atomic mass is 10.2. The highest BCUT2D eigenvalue weighted by Crippen LogP contribution is 2.04. The van der Waals surface area contributed by atoms with Crippen molar-refractivity contribution in [3.05, 3.63) is 0 Å². The summed E-state index contributed by atoms with van der Waals surface area (Å²) in [7, 11) is 0. The summed E-state index contributed by atoms with van der Waals surface area (Å²) >= 11 is 0. The van der Waals surface area contributed by atoms with Gasteiger partial charge in [-0.3, -0.25) is 0 Å². The molecule has 0 radical (unpaired) electrons. The largest absolute Gasteiger partial charge is 0.382 e. The normalized spacial score (nSPS) is 10.5. The van der Waals surface area contributed by atoms with Crippen LogP contribution in [0.4, 0.5) is 0 Å². The van der Waals surface area contributed by atoms with Crippen LogP contribution in [-0.4, -0.2) is 29.2 Å². The first-order valence-electron chi connectivity index (χ1n) is 4.50. The Balaban J connectivity index is 0. The summed E-state index contributed by atoms with van der Waals surface area (Å²) in [6.07, 6.45) is 1.26. The van der Waals surface area contributed by atoms with Crippen LogP contribution in [0.1, 0.15) is 40.5 Å². The molecule has 3 nitrogen and oxygen atoms in total.